The summed E-state index contributed by atoms with van der Waals surface area (Å²) in [5.41, 5.74) is 8.28. The Morgan fingerprint density at radius 3 is 2.93 bits per heavy atom. The third kappa shape index (κ3) is 2.83. The Hall–Kier alpha value is -0.850. The molecule has 0 aliphatic heterocycles. The van der Waals surface area contributed by atoms with Crippen LogP contribution in [0.4, 0.5) is 0 Å². The molecule has 2 N–H and O–H groups in total. The van der Waals surface area contributed by atoms with E-state index in [9.17, 15) is 0 Å². The van der Waals surface area contributed by atoms with Crippen molar-refractivity contribution in [3.63, 3.8) is 0 Å². The Labute approximate surface area is 92.9 Å². The lowest BCUT2D eigenvalue weighted by Crippen LogP contribution is -2.11. The van der Waals surface area contributed by atoms with Crippen molar-refractivity contribution < 1.29 is 0 Å². The van der Waals surface area contributed by atoms with Crippen LogP contribution in [-0.4, -0.2) is 0 Å². The van der Waals surface area contributed by atoms with Gasteiger partial charge in [-0.05, 0) is 36.6 Å². The second kappa shape index (κ2) is 5.14. The zero-order valence-electron chi connectivity index (χ0n) is 8.13. The van der Waals surface area contributed by atoms with E-state index in [2.05, 4.69) is 22.0 Å². The first-order valence-corrected chi connectivity index (χ1v) is 5.33. The van der Waals surface area contributed by atoms with Crippen molar-refractivity contribution in [3.05, 3.63) is 33.8 Å². The van der Waals surface area contributed by atoms with Gasteiger partial charge in [-0.3, -0.25) is 0 Å². The topological polar surface area (TPSA) is 49.8 Å². The molecule has 0 aliphatic rings. The fourth-order valence-electron chi connectivity index (χ4n) is 1.39. The summed E-state index contributed by atoms with van der Waals surface area (Å²) in [6.07, 6.45) is 1.22. The summed E-state index contributed by atoms with van der Waals surface area (Å²) in [5, 5.41) is 8.47. The monoisotopic (exact) mass is 252 g/mol. The SMILES string of the molecule is Cc1ccc(Br)cc1C(N)CCC#N. The van der Waals surface area contributed by atoms with E-state index in [1.54, 1.807) is 0 Å². The summed E-state index contributed by atoms with van der Waals surface area (Å²) in [4.78, 5) is 0. The minimum Gasteiger partial charge on any atom is -0.324 e. The Kier molecular flexibility index (Phi) is 4.12. The summed E-state index contributed by atoms with van der Waals surface area (Å²) in [7, 11) is 0. The Balaban J connectivity index is 2.83. The number of aryl methyl sites for hydroxylation is 1. The Morgan fingerprint density at radius 2 is 2.29 bits per heavy atom. The number of hydrogen-bond acceptors (Lipinski definition) is 2. The maximum Gasteiger partial charge on any atom is 0.0622 e. The molecule has 0 fully saturated rings. The lowest BCUT2D eigenvalue weighted by molar-refractivity contribution is 0.661. The van der Waals surface area contributed by atoms with Crippen molar-refractivity contribution in [2.45, 2.75) is 25.8 Å². The van der Waals surface area contributed by atoms with Gasteiger partial charge in [0.1, 0.15) is 0 Å². The first-order valence-electron chi connectivity index (χ1n) is 4.53. The molecule has 0 saturated carbocycles. The van der Waals surface area contributed by atoms with Crippen molar-refractivity contribution in [1.82, 2.24) is 0 Å². The van der Waals surface area contributed by atoms with Gasteiger partial charge in [-0.1, -0.05) is 22.0 Å². The average molecular weight is 253 g/mol. The van der Waals surface area contributed by atoms with E-state index in [4.69, 9.17) is 11.0 Å². The van der Waals surface area contributed by atoms with Crippen LogP contribution in [0.3, 0.4) is 0 Å². The van der Waals surface area contributed by atoms with E-state index in [0.717, 1.165) is 10.0 Å². The molecule has 2 nitrogen and oxygen atoms in total. The van der Waals surface area contributed by atoms with Crippen LogP contribution in [0.25, 0.3) is 0 Å². The standard InChI is InChI=1S/C11H13BrN2/c1-8-4-5-9(12)7-10(8)11(14)3-2-6-13/h4-5,7,11H,2-3,14H2,1H3. The fourth-order valence-corrected chi connectivity index (χ4v) is 1.77. The van der Waals surface area contributed by atoms with Gasteiger partial charge in [0.15, 0.2) is 0 Å². The number of halogens is 1. The van der Waals surface area contributed by atoms with Gasteiger partial charge in [0.25, 0.3) is 0 Å². The van der Waals surface area contributed by atoms with Gasteiger partial charge in [-0.25, -0.2) is 0 Å². The molecule has 0 heterocycles. The first kappa shape index (κ1) is 11.2. The summed E-state index contributed by atoms with van der Waals surface area (Å²) in [5.74, 6) is 0. The molecule has 0 aliphatic carbocycles. The van der Waals surface area contributed by atoms with E-state index in [1.807, 2.05) is 25.1 Å². The Bertz CT molecular complexity index is 355. The quantitative estimate of drug-likeness (QED) is 0.899. The Morgan fingerprint density at radius 1 is 1.57 bits per heavy atom. The second-order valence-corrected chi connectivity index (χ2v) is 4.22. The highest BCUT2D eigenvalue weighted by Gasteiger charge is 2.08. The predicted octanol–water partition coefficient (Wildman–Crippen LogP) is 3.06. The molecular weight excluding hydrogens is 240 g/mol. The van der Waals surface area contributed by atoms with Crippen molar-refractivity contribution >= 4 is 15.9 Å². The highest BCUT2D eigenvalue weighted by Crippen LogP contribution is 2.23. The number of rotatable bonds is 3. The van der Waals surface area contributed by atoms with Gasteiger partial charge in [-0.2, -0.15) is 5.26 Å². The van der Waals surface area contributed by atoms with Crippen LogP contribution in [-0.2, 0) is 0 Å². The lowest BCUT2D eigenvalue weighted by Gasteiger charge is -2.13. The summed E-state index contributed by atoms with van der Waals surface area (Å²) >= 11 is 3.41. The second-order valence-electron chi connectivity index (χ2n) is 3.30. The molecular formula is C11H13BrN2. The third-order valence-electron chi connectivity index (χ3n) is 2.21. The van der Waals surface area contributed by atoms with E-state index in [-0.39, 0.29) is 6.04 Å². The number of nitrogens with zero attached hydrogens (tertiary/aromatic N) is 1. The largest absolute Gasteiger partial charge is 0.324 e. The van der Waals surface area contributed by atoms with Crippen LogP contribution in [0, 0.1) is 18.3 Å². The molecule has 0 bridgehead atoms. The molecule has 1 aromatic carbocycles. The van der Waals surface area contributed by atoms with E-state index in [0.29, 0.717) is 12.8 Å². The van der Waals surface area contributed by atoms with E-state index >= 15 is 0 Å². The van der Waals surface area contributed by atoms with Gasteiger partial charge in [-0.15, -0.1) is 0 Å². The fraction of sp³-hybridized carbons (Fsp3) is 0.364. The smallest absolute Gasteiger partial charge is 0.0622 e. The number of benzene rings is 1. The zero-order chi connectivity index (χ0) is 10.6. The highest BCUT2D eigenvalue weighted by molar-refractivity contribution is 9.10. The number of hydrogen-bond donors (Lipinski definition) is 1. The maximum absolute atomic E-state index is 8.47. The first-order chi connectivity index (χ1) is 6.65. The van der Waals surface area contributed by atoms with E-state index < -0.39 is 0 Å². The molecule has 0 amide bonds. The van der Waals surface area contributed by atoms with E-state index in [1.165, 1.54) is 5.56 Å². The maximum atomic E-state index is 8.47. The van der Waals surface area contributed by atoms with Crippen LogP contribution in [0.15, 0.2) is 22.7 Å². The molecule has 1 rings (SSSR count). The average Bonchev–Trinajstić information content (AvgIpc) is 2.18. The van der Waals surface area contributed by atoms with Crippen LogP contribution in [0.5, 0.6) is 0 Å². The molecule has 1 aromatic rings. The molecule has 3 heteroatoms. The highest BCUT2D eigenvalue weighted by atomic mass is 79.9. The minimum absolute atomic E-state index is 0.0350. The normalized spacial score (nSPS) is 12.1. The molecule has 0 spiro atoms. The van der Waals surface area contributed by atoms with Crippen LogP contribution < -0.4 is 5.73 Å². The molecule has 0 aromatic heterocycles. The van der Waals surface area contributed by atoms with Crippen LogP contribution in [0.2, 0.25) is 0 Å². The van der Waals surface area contributed by atoms with Crippen molar-refractivity contribution in [1.29, 1.82) is 5.26 Å². The number of nitrogens with two attached hydrogens (primary N) is 1. The van der Waals surface area contributed by atoms with Crippen molar-refractivity contribution in [3.8, 4) is 6.07 Å². The van der Waals surface area contributed by atoms with Gasteiger partial charge in [0.05, 0.1) is 6.07 Å². The molecule has 14 heavy (non-hydrogen) atoms. The van der Waals surface area contributed by atoms with Gasteiger partial charge in [0.2, 0.25) is 0 Å². The van der Waals surface area contributed by atoms with Gasteiger partial charge >= 0.3 is 0 Å². The molecule has 0 saturated heterocycles. The van der Waals surface area contributed by atoms with Gasteiger partial charge in [0, 0.05) is 16.9 Å². The minimum atomic E-state index is -0.0350. The summed E-state index contributed by atoms with van der Waals surface area (Å²) in [6.45, 7) is 2.04. The van der Waals surface area contributed by atoms with Crippen molar-refractivity contribution in [2.75, 3.05) is 0 Å². The molecule has 1 atom stereocenters. The summed E-state index contributed by atoms with van der Waals surface area (Å²) in [6, 6.07) is 8.13. The lowest BCUT2D eigenvalue weighted by atomic mass is 9.99. The molecule has 0 radical (unpaired) electrons. The number of nitriles is 1. The molecule has 74 valence electrons. The third-order valence-corrected chi connectivity index (χ3v) is 2.70. The summed E-state index contributed by atoms with van der Waals surface area (Å²) < 4.78 is 1.03. The van der Waals surface area contributed by atoms with Crippen LogP contribution >= 0.6 is 15.9 Å². The molecule has 1 unspecified atom stereocenters. The zero-order valence-corrected chi connectivity index (χ0v) is 9.71. The predicted molar refractivity (Wildman–Crippen MR) is 60.7 cm³/mol. The van der Waals surface area contributed by atoms with Crippen molar-refractivity contribution in [2.24, 2.45) is 5.73 Å². The van der Waals surface area contributed by atoms with Gasteiger partial charge < -0.3 is 5.73 Å². The van der Waals surface area contributed by atoms with Crippen LogP contribution in [0.1, 0.15) is 30.0 Å².